The maximum absolute atomic E-state index is 11.4. The maximum atomic E-state index is 11.4. The molecule has 2 amide bonds. The van der Waals surface area contributed by atoms with Crippen LogP contribution in [0.5, 0.6) is 0 Å². The van der Waals surface area contributed by atoms with Crippen molar-refractivity contribution in [2.45, 2.75) is 26.4 Å². The Labute approximate surface area is 118 Å². The first kappa shape index (κ1) is 15.8. The Morgan fingerprint density at radius 1 is 1.15 bits per heavy atom. The summed E-state index contributed by atoms with van der Waals surface area (Å²) in [6, 6.07) is 6.80. The molecule has 0 saturated heterocycles. The monoisotopic (exact) mass is 279 g/mol. The molecule has 4 N–H and O–H groups in total. The van der Waals surface area contributed by atoms with Gasteiger partial charge in [0.25, 0.3) is 0 Å². The fraction of sp³-hybridized carbons (Fsp3) is 0.429. The van der Waals surface area contributed by atoms with Crippen LogP contribution in [-0.2, 0) is 4.74 Å². The summed E-state index contributed by atoms with van der Waals surface area (Å²) in [5.41, 5.74) is 5.96. The molecule has 6 heteroatoms. The SMILES string of the molecule is CC(C)(C)OC(=O)NCCNc1ccc(C(N)=O)cc1. The first-order chi connectivity index (χ1) is 9.28. The van der Waals surface area contributed by atoms with Crippen LogP contribution in [0.15, 0.2) is 24.3 Å². The number of alkyl carbamates (subject to hydrolysis) is 1. The van der Waals surface area contributed by atoms with Crippen LogP contribution >= 0.6 is 0 Å². The highest BCUT2D eigenvalue weighted by Gasteiger charge is 2.15. The number of carbonyl (C=O) groups is 2. The first-order valence-electron chi connectivity index (χ1n) is 6.38. The summed E-state index contributed by atoms with van der Waals surface area (Å²) >= 11 is 0. The molecule has 0 spiro atoms. The summed E-state index contributed by atoms with van der Waals surface area (Å²) in [7, 11) is 0. The number of benzene rings is 1. The molecule has 20 heavy (non-hydrogen) atoms. The van der Waals surface area contributed by atoms with Crippen LogP contribution < -0.4 is 16.4 Å². The third-order valence-corrected chi connectivity index (χ3v) is 2.29. The third-order valence-electron chi connectivity index (χ3n) is 2.29. The van der Waals surface area contributed by atoms with Gasteiger partial charge in [0.2, 0.25) is 5.91 Å². The van der Waals surface area contributed by atoms with E-state index in [4.69, 9.17) is 10.5 Å². The normalized spacial score (nSPS) is 10.8. The van der Waals surface area contributed by atoms with Crippen LogP contribution in [-0.4, -0.2) is 30.7 Å². The Morgan fingerprint density at radius 2 is 1.75 bits per heavy atom. The van der Waals surface area contributed by atoms with Crippen molar-refractivity contribution in [2.24, 2.45) is 5.73 Å². The van der Waals surface area contributed by atoms with Crippen molar-refractivity contribution in [1.29, 1.82) is 0 Å². The van der Waals surface area contributed by atoms with Crippen molar-refractivity contribution in [2.75, 3.05) is 18.4 Å². The lowest BCUT2D eigenvalue weighted by Crippen LogP contribution is -2.34. The van der Waals surface area contributed by atoms with Gasteiger partial charge in [0.1, 0.15) is 5.60 Å². The Kier molecular flexibility index (Phi) is 5.37. The number of hydrogen-bond acceptors (Lipinski definition) is 4. The number of amides is 2. The van der Waals surface area contributed by atoms with Crippen molar-refractivity contribution in [3.8, 4) is 0 Å². The Balaban J connectivity index is 2.27. The van der Waals surface area contributed by atoms with Gasteiger partial charge in [-0.2, -0.15) is 0 Å². The van der Waals surface area contributed by atoms with Crippen molar-refractivity contribution >= 4 is 17.7 Å². The molecule has 6 nitrogen and oxygen atoms in total. The molecule has 0 fully saturated rings. The molecule has 0 aliphatic carbocycles. The average molecular weight is 279 g/mol. The topological polar surface area (TPSA) is 93.4 Å². The van der Waals surface area contributed by atoms with Gasteiger partial charge in [0.05, 0.1) is 0 Å². The molecule has 0 bridgehead atoms. The second-order valence-electron chi connectivity index (χ2n) is 5.30. The van der Waals surface area contributed by atoms with Gasteiger partial charge >= 0.3 is 6.09 Å². The van der Waals surface area contributed by atoms with Gasteiger partial charge in [-0.05, 0) is 45.0 Å². The second-order valence-corrected chi connectivity index (χ2v) is 5.30. The molecule has 0 saturated carbocycles. The molecule has 0 aliphatic heterocycles. The molecule has 110 valence electrons. The van der Waals surface area contributed by atoms with Gasteiger partial charge in [0.15, 0.2) is 0 Å². The molecule has 0 radical (unpaired) electrons. The summed E-state index contributed by atoms with van der Waals surface area (Å²) < 4.78 is 5.10. The van der Waals surface area contributed by atoms with Gasteiger partial charge in [-0.15, -0.1) is 0 Å². The number of primary amides is 1. The maximum Gasteiger partial charge on any atom is 0.407 e. The minimum absolute atomic E-state index is 0.437. The molecular formula is C14H21N3O3. The number of ether oxygens (including phenoxy) is 1. The van der Waals surface area contributed by atoms with Gasteiger partial charge in [-0.25, -0.2) is 4.79 Å². The minimum Gasteiger partial charge on any atom is -0.444 e. The molecule has 0 unspecified atom stereocenters. The van der Waals surface area contributed by atoms with E-state index in [-0.39, 0.29) is 0 Å². The Morgan fingerprint density at radius 3 is 2.25 bits per heavy atom. The predicted octanol–water partition coefficient (Wildman–Crippen LogP) is 1.72. The van der Waals surface area contributed by atoms with Crippen molar-refractivity contribution in [3.63, 3.8) is 0 Å². The standard InChI is InChI=1S/C14H21N3O3/c1-14(2,3)20-13(19)17-9-8-16-11-6-4-10(5-7-11)12(15)18/h4-7,16H,8-9H2,1-3H3,(H2,15,18)(H,17,19). The fourth-order valence-electron chi connectivity index (χ4n) is 1.44. The number of carbonyl (C=O) groups excluding carboxylic acids is 2. The predicted molar refractivity (Wildman–Crippen MR) is 77.7 cm³/mol. The van der Waals surface area contributed by atoms with Crippen LogP contribution in [0, 0.1) is 0 Å². The third kappa shape index (κ3) is 6.08. The highest BCUT2D eigenvalue weighted by Crippen LogP contribution is 2.08. The van der Waals surface area contributed by atoms with E-state index in [9.17, 15) is 9.59 Å². The van der Waals surface area contributed by atoms with Crippen LogP contribution in [0.1, 0.15) is 31.1 Å². The fourth-order valence-corrected chi connectivity index (χ4v) is 1.44. The molecular weight excluding hydrogens is 258 g/mol. The Hall–Kier alpha value is -2.24. The highest BCUT2D eigenvalue weighted by molar-refractivity contribution is 5.93. The highest BCUT2D eigenvalue weighted by atomic mass is 16.6. The lowest BCUT2D eigenvalue weighted by Gasteiger charge is -2.19. The lowest BCUT2D eigenvalue weighted by atomic mass is 10.2. The number of nitrogens with two attached hydrogens (primary N) is 1. The first-order valence-corrected chi connectivity index (χ1v) is 6.38. The lowest BCUT2D eigenvalue weighted by molar-refractivity contribution is 0.0530. The quantitative estimate of drug-likeness (QED) is 0.715. The molecule has 0 aromatic heterocycles. The van der Waals surface area contributed by atoms with E-state index in [1.165, 1.54) is 0 Å². The van der Waals surface area contributed by atoms with Gasteiger partial charge in [-0.3, -0.25) is 4.79 Å². The van der Waals surface area contributed by atoms with E-state index in [1.807, 2.05) is 20.8 Å². The number of anilines is 1. The Bertz CT molecular complexity index is 464. The summed E-state index contributed by atoms with van der Waals surface area (Å²) in [6.07, 6.45) is -0.441. The van der Waals surface area contributed by atoms with Crippen molar-refractivity contribution < 1.29 is 14.3 Å². The zero-order valence-electron chi connectivity index (χ0n) is 12.0. The summed E-state index contributed by atoms with van der Waals surface area (Å²) in [4.78, 5) is 22.3. The molecule has 1 aromatic carbocycles. The molecule has 1 aromatic rings. The van der Waals surface area contributed by atoms with Gasteiger partial charge < -0.3 is 21.1 Å². The molecule has 0 atom stereocenters. The van der Waals surface area contributed by atoms with E-state index in [2.05, 4.69) is 10.6 Å². The number of nitrogens with one attached hydrogen (secondary N) is 2. The van der Waals surface area contributed by atoms with Crippen molar-refractivity contribution in [3.05, 3.63) is 29.8 Å². The van der Waals surface area contributed by atoms with Crippen LogP contribution in [0.2, 0.25) is 0 Å². The molecule has 1 rings (SSSR count). The van der Waals surface area contributed by atoms with Gasteiger partial charge in [-0.1, -0.05) is 0 Å². The van der Waals surface area contributed by atoms with E-state index in [0.717, 1.165) is 5.69 Å². The molecule has 0 heterocycles. The smallest absolute Gasteiger partial charge is 0.407 e. The minimum atomic E-state index is -0.498. The number of rotatable bonds is 5. The van der Waals surface area contributed by atoms with Crippen molar-refractivity contribution in [1.82, 2.24) is 5.32 Å². The van der Waals surface area contributed by atoms with E-state index < -0.39 is 17.6 Å². The van der Waals surface area contributed by atoms with E-state index in [0.29, 0.717) is 18.7 Å². The van der Waals surface area contributed by atoms with Gasteiger partial charge in [0, 0.05) is 24.3 Å². The second kappa shape index (κ2) is 6.79. The molecule has 0 aliphatic rings. The summed E-state index contributed by atoms with van der Waals surface area (Å²) in [5.74, 6) is -0.455. The van der Waals surface area contributed by atoms with Crippen LogP contribution in [0.3, 0.4) is 0 Å². The van der Waals surface area contributed by atoms with E-state index in [1.54, 1.807) is 24.3 Å². The largest absolute Gasteiger partial charge is 0.444 e. The van der Waals surface area contributed by atoms with Crippen LogP contribution in [0.4, 0.5) is 10.5 Å². The zero-order chi connectivity index (χ0) is 15.2. The number of hydrogen-bond donors (Lipinski definition) is 3. The average Bonchev–Trinajstić information content (AvgIpc) is 2.33. The summed E-state index contributed by atoms with van der Waals surface area (Å²) in [6.45, 7) is 6.42. The zero-order valence-corrected chi connectivity index (χ0v) is 12.0. The van der Waals surface area contributed by atoms with Crippen LogP contribution in [0.25, 0.3) is 0 Å². The van der Waals surface area contributed by atoms with E-state index >= 15 is 0 Å². The summed E-state index contributed by atoms with van der Waals surface area (Å²) in [5, 5.41) is 5.75.